The van der Waals surface area contributed by atoms with E-state index in [9.17, 15) is 13.2 Å². The summed E-state index contributed by atoms with van der Waals surface area (Å²) in [5.74, 6) is 0.835. The molecule has 30 heavy (non-hydrogen) atoms. The molecular formula is C20H23N3O5S2. The Kier molecular flexibility index (Phi) is 6.91. The molecule has 0 unspecified atom stereocenters. The van der Waals surface area contributed by atoms with E-state index in [1.54, 1.807) is 32.4 Å². The minimum Gasteiger partial charge on any atom is -0.493 e. The Labute approximate surface area is 179 Å². The number of hydrogen-bond donors (Lipinski definition) is 2. The monoisotopic (exact) mass is 449 g/mol. The number of carbonyl (C=O) groups is 1. The molecule has 0 aliphatic carbocycles. The summed E-state index contributed by atoms with van der Waals surface area (Å²) in [4.78, 5) is 16.5. The highest BCUT2D eigenvalue weighted by Gasteiger charge is 2.17. The molecule has 1 aromatic heterocycles. The number of hydrogen-bond acceptors (Lipinski definition) is 7. The van der Waals surface area contributed by atoms with E-state index in [0.29, 0.717) is 24.5 Å². The van der Waals surface area contributed by atoms with Crippen LogP contribution in [0, 0.1) is 6.92 Å². The van der Waals surface area contributed by atoms with Gasteiger partial charge in [0.15, 0.2) is 11.5 Å². The van der Waals surface area contributed by atoms with Crippen molar-refractivity contribution in [3.05, 3.63) is 47.0 Å². The first kappa shape index (κ1) is 22.0. The maximum atomic E-state index is 12.5. The fraction of sp³-hybridized carbons (Fsp3) is 0.300. The van der Waals surface area contributed by atoms with Crippen LogP contribution < -0.4 is 19.5 Å². The van der Waals surface area contributed by atoms with Gasteiger partial charge in [-0.25, -0.2) is 18.1 Å². The standard InChI is InChI=1S/C20H23N3O5S2/c1-13-23-16-6-5-15(11-19(16)29-13)30(25,26)22-12-20(24)21-9-8-14-4-7-17(27-2)18(10-14)28-3/h4-7,10-11,22H,8-9,12H2,1-3H3,(H,21,24). The van der Waals surface area contributed by atoms with Crippen molar-refractivity contribution in [3.63, 3.8) is 0 Å². The molecule has 3 aromatic rings. The molecule has 3 rings (SSSR count). The number of rotatable bonds is 9. The van der Waals surface area contributed by atoms with Crippen LogP contribution in [0.3, 0.4) is 0 Å². The molecule has 2 N–H and O–H groups in total. The van der Waals surface area contributed by atoms with E-state index in [4.69, 9.17) is 9.47 Å². The maximum absolute atomic E-state index is 12.5. The van der Waals surface area contributed by atoms with E-state index < -0.39 is 15.9 Å². The predicted molar refractivity (Wildman–Crippen MR) is 116 cm³/mol. The SMILES string of the molecule is COc1ccc(CCNC(=O)CNS(=O)(=O)c2ccc3nc(C)sc3c2)cc1OC. The minimum absolute atomic E-state index is 0.108. The number of amides is 1. The molecule has 1 heterocycles. The number of benzene rings is 2. The number of fused-ring (bicyclic) bond motifs is 1. The van der Waals surface area contributed by atoms with Gasteiger partial charge in [-0.3, -0.25) is 4.79 Å². The van der Waals surface area contributed by atoms with Crippen molar-refractivity contribution in [1.82, 2.24) is 15.0 Å². The predicted octanol–water partition coefficient (Wildman–Crippen LogP) is 2.26. The topological polar surface area (TPSA) is 107 Å². The normalized spacial score (nSPS) is 11.4. The zero-order valence-corrected chi connectivity index (χ0v) is 18.5. The third-order valence-electron chi connectivity index (χ3n) is 4.38. The average molecular weight is 450 g/mol. The summed E-state index contributed by atoms with van der Waals surface area (Å²) in [5, 5.41) is 3.57. The molecular weight excluding hydrogens is 426 g/mol. The quantitative estimate of drug-likeness (QED) is 0.519. The van der Waals surface area contributed by atoms with Gasteiger partial charge in [0.2, 0.25) is 15.9 Å². The van der Waals surface area contributed by atoms with Gasteiger partial charge in [0.1, 0.15) is 0 Å². The van der Waals surface area contributed by atoms with Crippen LogP contribution in [0.25, 0.3) is 10.2 Å². The second-order valence-electron chi connectivity index (χ2n) is 6.48. The Morgan fingerprint density at radius 2 is 1.87 bits per heavy atom. The van der Waals surface area contributed by atoms with E-state index in [1.807, 2.05) is 19.1 Å². The van der Waals surface area contributed by atoms with E-state index >= 15 is 0 Å². The van der Waals surface area contributed by atoms with Crippen LogP contribution in [-0.2, 0) is 21.2 Å². The van der Waals surface area contributed by atoms with Crippen LogP contribution in [0.15, 0.2) is 41.3 Å². The summed E-state index contributed by atoms with van der Waals surface area (Å²) in [6.07, 6.45) is 0.570. The molecule has 1 amide bonds. The van der Waals surface area contributed by atoms with Gasteiger partial charge in [-0.1, -0.05) is 6.07 Å². The van der Waals surface area contributed by atoms with Crippen LogP contribution in [0.4, 0.5) is 0 Å². The summed E-state index contributed by atoms with van der Waals surface area (Å²) in [6, 6.07) is 10.2. The van der Waals surface area contributed by atoms with Gasteiger partial charge in [-0.2, -0.15) is 0 Å². The van der Waals surface area contributed by atoms with Crippen LogP contribution in [0.1, 0.15) is 10.6 Å². The first-order chi connectivity index (χ1) is 14.3. The summed E-state index contributed by atoms with van der Waals surface area (Å²) in [6.45, 7) is 1.89. The third-order valence-corrected chi connectivity index (χ3v) is 6.72. The number of nitrogens with one attached hydrogen (secondary N) is 2. The smallest absolute Gasteiger partial charge is 0.241 e. The molecule has 0 saturated heterocycles. The fourth-order valence-electron chi connectivity index (χ4n) is 2.88. The fourth-order valence-corrected chi connectivity index (χ4v) is 4.83. The number of aromatic nitrogens is 1. The molecule has 0 atom stereocenters. The average Bonchev–Trinajstić information content (AvgIpc) is 3.11. The van der Waals surface area contributed by atoms with Crippen molar-refractivity contribution >= 4 is 37.5 Å². The molecule has 10 heteroatoms. The molecule has 0 bridgehead atoms. The lowest BCUT2D eigenvalue weighted by Gasteiger charge is -2.10. The van der Waals surface area contributed by atoms with Crippen LogP contribution >= 0.6 is 11.3 Å². The van der Waals surface area contributed by atoms with Gasteiger partial charge in [0.05, 0.1) is 40.9 Å². The Morgan fingerprint density at radius 1 is 1.10 bits per heavy atom. The zero-order chi connectivity index (χ0) is 21.7. The van der Waals surface area contributed by atoms with Crippen molar-refractivity contribution in [2.45, 2.75) is 18.2 Å². The molecule has 0 aliphatic heterocycles. The first-order valence-corrected chi connectivity index (χ1v) is 11.5. The Morgan fingerprint density at radius 3 is 2.60 bits per heavy atom. The highest BCUT2D eigenvalue weighted by atomic mass is 32.2. The van der Waals surface area contributed by atoms with Crippen molar-refractivity contribution in [1.29, 1.82) is 0 Å². The van der Waals surface area contributed by atoms with Crippen LogP contribution in [0.5, 0.6) is 11.5 Å². The molecule has 2 aromatic carbocycles. The number of thiazole rings is 1. The van der Waals surface area contributed by atoms with Gasteiger partial charge < -0.3 is 14.8 Å². The lowest BCUT2D eigenvalue weighted by molar-refractivity contribution is -0.119. The van der Waals surface area contributed by atoms with E-state index in [-0.39, 0.29) is 11.4 Å². The lowest BCUT2D eigenvalue weighted by atomic mass is 10.1. The number of nitrogens with zero attached hydrogens (tertiary/aromatic N) is 1. The van der Waals surface area contributed by atoms with Gasteiger partial charge in [0.25, 0.3) is 0 Å². The minimum atomic E-state index is -3.79. The number of aryl methyl sites for hydroxylation is 1. The van der Waals surface area contributed by atoms with Gasteiger partial charge >= 0.3 is 0 Å². The van der Waals surface area contributed by atoms with Crippen molar-refractivity contribution < 1.29 is 22.7 Å². The van der Waals surface area contributed by atoms with E-state index in [1.165, 1.54) is 17.4 Å². The van der Waals surface area contributed by atoms with Gasteiger partial charge in [-0.05, 0) is 49.2 Å². The van der Waals surface area contributed by atoms with Crippen molar-refractivity contribution in [2.75, 3.05) is 27.3 Å². The van der Waals surface area contributed by atoms with Crippen molar-refractivity contribution in [3.8, 4) is 11.5 Å². The molecule has 160 valence electrons. The largest absolute Gasteiger partial charge is 0.493 e. The maximum Gasteiger partial charge on any atom is 0.241 e. The van der Waals surface area contributed by atoms with Crippen LogP contribution in [-0.4, -0.2) is 46.6 Å². The Hall–Kier alpha value is -2.69. The molecule has 0 aliphatic rings. The third kappa shape index (κ3) is 5.26. The summed E-state index contributed by atoms with van der Waals surface area (Å²) in [7, 11) is -0.670. The summed E-state index contributed by atoms with van der Waals surface area (Å²) < 4.78 is 38.5. The molecule has 0 saturated carbocycles. The first-order valence-electron chi connectivity index (χ1n) is 9.17. The molecule has 0 spiro atoms. The number of ether oxygens (including phenoxy) is 2. The van der Waals surface area contributed by atoms with E-state index in [0.717, 1.165) is 20.8 Å². The summed E-state index contributed by atoms with van der Waals surface area (Å²) >= 11 is 1.42. The highest BCUT2D eigenvalue weighted by Crippen LogP contribution is 2.27. The lowest BCUT2D eigenvalue weighted by Crippen LogP contribution is -2.37. The number of methoxy groups -OCH3 is 2. The Bertz CT molecular complexity index is 1160. The number of carbonyl (C=O) groups excluding carboxylic acids is 1. The summed E-state index contributed by atoms with van der Waals surface area (Å²) in [5.41, 5.74) is 1.71. The second-order valence-corrected chi connectivity index (χ2v) is 9.48. The molecule has 0 radical (unpaired) electrons. The molecule has 0 fully saturated rings. The highest BCUT2D eigenvalue weighted by molar-refractivity contribution is 7.89. The number of sulfonamides is 1. The van der Waals surface area contributed by atoms with Crippen LogP contribution in [0.2, 0.25) is 0 Å². The molecule has 8 nitrogen and oxygen atoms in total. The van der Waals surface area contributed by atoms with Gasteiger partial charge in [0, 0.05) is 6.54 Å². The zero-order valence-electron chi connectivity index (χ0n) is 16.9. The second kappa shape index (κ2) is 9.41. The Balaban J connectivity index is 1.52. The van der Waals surface area contributed by atoms with Gasteiger partial charge in [-0.15, -0.1) is 11.3 Å². The van der Waals surface area contributed by atoms with E-state index in [2.05, 4.69) is 15.0 Å². The van der Waals surface area contributed by atoms with Crippen molar-refractivity contribution in [2.24, 2.45) is 0 Å².